The molecule has 0 radical (unpaired) electrons. The van der Waals surface area contributed by atoms with E-state index in [1.165, 1.54) is 10.7 Å². The van der Waals surface area contributed by atoms with Crippen molar-refractivity contribution >= 4 is 10.8 Å². The van der Waals surface area contributed by atoms with E-state index >= 15 is 0 Å². The number of para-hydroxylation sites is 1. The topological polar surface area (TPSA) is 76.1 Å². The van der Waals surface area contributed by atoms with E-state index in [1.807, 2.05) is 31.3 Å². The Labute approximate surface area is 160 Å². The van der Waals surface area contributed by atoms with Gasteiger partial charge in [-0.2, -0.15) is 0 Å². The minimum atomic E-state index is -0.700. The molecule has 1 aliphatic carbocycles. The summed E-state index contributed by atoms with van der Waals surface area (Å²) >= 11 is 0. The predicted octanol–water partition coefficient (Wildman–Crippen LogP) is 3.57. The number of rotatable bonds is 4. The summed E-state index contributed by atoms with van der Waals surface area (Å²) in [5, 5.41) is 30.5. The van der Waals surface area contributed by atoms with Crippen molar-refractivity contribution in [3.63, 3.8) is 0 Å². The molecule has 0 bridgehead atoms. The van der Waals surface area contributed by atoms with Crippen LogP contribution in [0.15, 0.2) is 48.7 Å². The molecule has 2 heterocycles. The van der Waals surface area contributed by atoms with Crippen LogP contribution in [0.25, 0.3) is 27.7 Å². The summed E-state index contributed by atoms with van der Waals surface area (Å²) < 4.78 is 17.3. The fraction of sp³-hybridized carbons (Fsp3) is 0.238. The first-order valence-corrected chi connectivity index (χ1v) is 9.17. The van der Waals surface area contributed by atoms with Gasteiger partial charge in [0.15, 0.2) is 5.88 Å². The Bertz CT molecular complexity index is 1210. The molecule has 5 rings (SSSR count). The lowest BCUT2D eigenvalue weighted by Crippen LogP contribution is -2.15. The molecule has 2 aromatic heterocycles. The molecule has 1 fully saturated rings. The fourth-order valence-electron chi connectivity index (χ4n) is 3.59. The van der Waals surface area contributed by atoms with Gasteiger partial charge in [-0.3, -0.25) is 0 Å². The largest absolute Gasteiger partial charge is 0.494 e. The van der Waals surface area contributed by atoms with E-state index in [0.29, 0.717) is 23.3 Å². The molecule has 7 heteroatoms. The molecule has 0 aliphatic heterocycles. The summed E-state index contributed by atoms with van der Waals surface area (Å²) in [7, 11) is 0. The van der Waals surface area contributed by atoms with Crippen molar-refractivity contribution in [3.8, 4) is 22.8 Å². The highest BCUT2D eigenvalue weighted by atomic mass is 19.1. The van der Waals surface area contributed by atoms with Crippen molar-refractivity contribution in [2.24, 2.45) is 0 Å². The molecule has 0 amide bonds. The maximum Gasteiger partial charge on any atom is 0.199 e. The predicted molar refractivity (Wildman–Crippen MR) is 103 cm³/mol. The van der Waals surface area contributed by atoms with Crippen molar-refractivity contribution in [2.45, 2.75) is 31.9 Å². The number of halogens is 1. The van der Waals surface area contributed by atoms with E-state index in [-0.39, 0.29) is 11.7 Å². The first-order chi connectivity index (χ1) is 13.5. The lowest BCUT2D eigenvalue weighted by molar-refractivity contribution is 0.126. The number of nitrogens with zero attached hydrogens (tertiary/aromatic N) is 4. The van der Waals surface area contributed by atoms with Gasteiger partial charge in [-0.15, -0.1) is 5.10 Å². The van der Waals surface area contributed by atoms with Gasteiger partial charge in [0.2, 0.25) is 0 Å². The normalized spacial score (nSPS) is 15.2. The van der Waals surface area contributed by atoms with E-state index in [2.05, 4.69) is 10.3 Å². The highest BCUT2D eigenvalue weighted by Crippen LogP contribution is 2.39. The second kappa shape index (κ2) is 5.90. The van der Waals surface area contributed by atoms with E-state index in [0.717, 1.165) is 29.5 Å². The third-order valence-electron chi connectivity index (χ3n) is 5.40. The van der Waals surface area contributed by atoms with Gasteiger partial charge in [-0.1, -0.05) is 23.4 Å². The van der Waals surface area contributed by atoms with E-state index < -0.39 is 5.60 Å². The van der Waals surface area contributed by atoms with Crippen LogP contribution in [0.1, 0.15) is 18.5 Å². The highest BCUT2D eigenvalue weighted by molar-refractivity contribution is 5.91. The van der Waals surface area contributed by atoms with Crippen molar-refractivity contribution < 1.29 is 14.6 Å². The van der Waals surface area contributed by atoms with Crippen molar-refractivity contribution in [2.75, 3.05) is 0 Å². The van der Waals surface area contributed by atoms with Gasteiger partial charge in [0.05, 0.1) is 17.8 Å². The Morgan fingerprint density at radius 3 is 2.71 bits per heavy atom. The van der Waals surface area contributed by atoms with Crippen LogP contribution in [0.5, 0.6) is 5.88 Å². The van der Waals surface area contributed by atoms with Crippen LogP contribution in [0.3, 0.4) is 0 Å². The average molecular weight is 378 g/mol. The zero-order valence-electron chi connectivity index (χ0n) is 15.3. The van der Waals surface area contributed by atoms with Gasteiger partial charge in [0.1, 0.15) is 17.2 Å². The van der Waals surface area contributed by atoms with Crippen LogP contribution < -0.4 is 0 Å². The van der Waals surface area contributed by atoms with Crippen LogP contribution >= 0.6 is 0 Å². The molecule has 0 saturated heterocycles. The van der Waals surface area contributed by atoms with Gasteiger partial charge >= 0.3 is 0 Å². The maximum absolute atomic E-state index is 14.1. The number of hydrogen-bond acceptors (Lipinski definition) is 4. The first kappa shape index (κ1) is 16.9. The summed E-state index contributed by atoms with van der Waals surface area (Å²) in [6, 6.07) is 12.0. The van der Waals surface area contributed by atoms with Gasteiger partial charge in [0.25, 0.3) is 0 Å². The minimum Gasteiger partial charge on any atom is -0.494 e. The molecule has 2 aromatic carbocycles. The van der Waals surface area contributed by atoms with E-state index in [1.54, 1.807) is 22.8 Å². The molecule has 1 aliphatic rings. The molecule has 4 aromatic rings. The van der Waals surface area contributed by atoms with Crippen LogP contribution in [0.4, 0.5) is 4.39 Å². The molecular formula is C21H19FN4O2. The summed E-state index contributed by atoms with van der Waals surface area (Å²) in [5.74, 6) is -0.217. The second-order valence-electron chi connectivity index (χ2n) is 7.49. The standard InChI is InChI=1S/C21H19FN4O2/c1-13-19(23-24-26(13)18-5-3-2-4-17(18)22)14-6-7-16-15(10-14)11-25(20(16)27)12-21(28)8-9-21/h2-7,10-11,27-28H,8-9,12H2,1H3. The summed E-state index contributed by atoms with van der Waals surface area (Å²) in [6.45, 7) is 2.22. The molecule has 2 N–H and O–H groups in total. The number of hydrogen-bond donors (Lipinski definition) is 2. The Morgan fingerprint density at radius 1 is 1.18 bits per heavy atom. The van der Waals surface area contributed by atoms with Crippen LogP contribution in [0, 0.1) is 12.7 Å². The molecule has 1 saturated carbocycles. The van der Waals surface area contributed by atoms with Gasteiger partial charge < -0.3 is 14.8 Å². The third-order valence-corrected chi connectivity index (χ3v) is 5.40. The average Bonchev–Trinajstić information content (AvgIpc) is 3.16. The summed E-state index contributed by atoms with van der Waals surface area (Å²) in [5.41, 5.74) is 1.85. The molecule has 6 nitrogen and oxygen atoms in total. The maximum atomic E-state index is 14.1. The van der Waals surface area contributed by atoms with Crippen molar-refractivity contribution in [3.05, 3.63) is 60.2 Å². The molecular weight excluding hydrogens is 359 g/mol. The van der Waals surface area contributed by atoms with Gasteiger partial charge in [0, 0.05) is 22.5 Å². The second-order valence-corrected chi connectivity index (χ2v) is 7.49. The van der Waals surface area contributed by atoms with Gasteiger partial charge in [-0.25, -0.2) is 9.07 Å². The Morgan fingerprint density at radius 2 is 1.96 bits per heavy atom. The molecule has 142 valence electrons. The summed E-state index contributed by atoms with van der Waals surface area (Å²) in [4.78, 5) is 0. The third kappa shape index (κ3) is 2.66. The Balaban J connectivity index is 1.56. The number of fused-ring (bicyclic) bond motifs is 1. The minimum absolute atomic E-state index is 0.147. The highest BCUT2D eigenvalue weighted by Gasteiger charge is 2.41. The first-order valence-electron chi connectivity index (χ1n) is 9.17. The van der Waals surface area contributed by atoms with Crippen LogP contribution in [-0.2, 0) is 6.54 Å². The molecule has 0 unspecified atom stereocenters. The lowest BCUT2D eigenvalue weighted by atomic mass is 10.1. The van der Waals surface area contributed by atoms with E-state index in [4.69, 9.17) is 0 Å². The quantitative estimate of drug-likeness (QED) is 0.569. The number of aromatic nitrogens is 4. The Hall–Kier alpha value is -3.19. The van der Waals surface area contributed by atoms with Crippen LogP contribution in [0.2, 0.25) is 0 Å². The van der Waals surface area contributed by atoms with Crippen LogP contribution in [-0.4, -0.2) is 35.4 Å². The van der Waals surface area contributed by atoms with Gasteiger partial charge in [-0.05, 0) is 44.0 Å². The molecule has 0 atom stereocenters. The zero-order valence-corrected chi connectivity index (χ0v) is 15.3. The van der Waals surface area contributed by atoms with Crippen molar-refractivity contribution in [1.29, 1.82) is 0 Å². The number of benzene rings is 2. The fourth-order valence-corrected chi connectivity index (χ4v) is 3.59. The number of aliphatic hydroxyl groups is 1. The lowest BCUT2D eigenvalue weighted by Gasteiger charge is -2.09. The van der Waals surface area contributed by atoms with E-state index in [9.17, 15) is 14.6 Å². The van der Waals surface area contributed by atoms with Crippen molar-refractivity contribution in [1.82, 2.24) is 19.6 Å². The molecule has 0 spiro atoms. The summed E-state index contributed by atoms with van der Waals surface area (Å²) in [6.07, 6.45) is 3.34. The Kier molecular flexibility index (Phi) is 3.57. The molecule has 28 heavy (non-hydrogen) atoms. The zero-order chi connectivity index (χ0) is 19.5. The monoisotopic (exact) mass is 378 g/mol. The SMILES string of the molecule is Cc1c(-c2ccc3c(O)n(CC4(O)CC4)cc3c2)nnn1-c1ccccc1F. The smallest absolute Gasteiger partial charge is 0.199 e. The number of aromatic hydroxyl groups is 1.